The van der Waals surface area contributed by atoms with Crippen molar-refractivity contribution in [2.24, 2.45) is 0 Å². The van der Waals surface area contributed by atoms with E-state index in [0.29, 0.717) is 0 Å². The van der Waals surface area contributed by atoms with Gasteiger partial charge in [0.2, 0.25) is 0 Å². The molecule has 0 spiro atoms. The van der Waals surface area contributed by atoms with E-state index in [9.17, 15) is 0 Å². The Morgan fingerprint density at radius 2 is 2.06 bits per heavy atom. The van der Waals surface area contributed by atoms with Gasteiger partial charge in [-0.15, -0.1) is 11.3 Å². The molecule has 1 aromatic carbocycles. The monoisotopic (exact) mass is 232 g/mol. The number of hydrogen-bond donors (Lipinski definition) is 1. The number of rotatable bonds is 1. The van der Waals surface area contributed by atoms with Gasteiger partial charge in [0.05, 0.1) is 0 Å². The number of fused-ring (bicyclic) bond motifs is 1. The molecule has 0 saturated carbocycles. The normalized spacial score (nSPS) is 16.9. The number of nitrogens with zero attached hydrogens (tertiary/aromatic N) is 1. The molecular weight excluding hydrogens is 216 g/mol. The van der Waals surface area contributed by atoms with Crippen molar-refractivity contribution >= 4 is 27.1 Å². The van der Waals surface area contributed by atoms with Crippen LogP contribution in [0.3, 0.4) is 0 Å². The highest BCUT2D eigenvalue weighted by Crippen LogP contribution is 2.33. The maximum atomic E-state index is 3.40. The third-order valence-corrected chi connectivity index (χ3v) is 4.28. The molecule has 0 unspecified atom stereocenters. The van der Waals surface area contributed by atoms with Crippen LogP contribution in [0.4, 0.5) is 5.69 Å². The minimum Gasteiger partial charge on any atom is -0.368 e. The zero-order chi connectivity index (χ0) is 11.0. The van der Waals surface area contributed by atoms with Crippen LogP contribution in [-0.4, -0.2) is 26.2 Å². The van der Waals surface area contributed by atoms with E-state index < -0.39 is 0 Å². The van der Waals surface area contributed by atoms with Gasteiger partial charge in [0.15, 0.2) is 0 Å². The standard InChI is InChI=1S/C13H16N2S/c1-10-9-16-12-4-2-3-11(13(10)12)15-7-5-14-6-8-15/h2-4,9,14H,5-8H2,1H3. The average Bonchev–Trinajstić information content (AvgIpc) is 2.73. The van der Waals surface area contributed by atoms with Crippen LogP contribution in [0.25, 0.3) is 10.1 Å². The van der Waals surface area contributed by atoms with Crippen LogP contribution >= 0.6 is 11.3 Å². The third-order valence-electron chi connectivity index (χ3n) is 3.22. The van der Waals surface area contributed by atoms with Gasteiger partial charge in [-0.1, -0.05) is 6.07 Å². The first-order chi connectivity index (χ1) is 7.86. The van der Waals surface area contributed by atoms with E-state index in [2.05, 4.69) is 40.7 Å². The number of nitrogens with one attached hydrogen (secondary N) is 1. The van der Waals surface area contributed by atoms with Gasteiger partial charge < -0.3 is 10.2 Å². The van der Waals surface area contributed by atoms with Gasteiger partial charge in [0, 0.05) is 42.0 Å². The second-order valence-corrected chi connectivity index (χ2v) is 5.22. The molecule has 0 amide bonds. The molecule has 0 atom stereocenters. The number of piperazine rings is 1. The molecule has 1 aromatic heterocycles. The van der Waals surface area contributed by atoms with Crippen LogP contribution in [0.15, 0.2) is 23.6 Å². The van der Waals surface area contributed by atoms with Crippen LogP contribution in [0.5, 0.6) is 0 Å². The van der Waals surface area contributed by atoms with Crippen molar-refractivity contribution in [1.82, 2.24) is 5.32 Å². The maximum Gasteiger partial charge on any atom is 0.0458 e. The first-order valence-electron chi connectivity index (χ1n) is 5.79. The first kappa shape index (κ1) is 10.1. The SMILES string of the molecule is Cc1csc2cccc(N3CCNCC3)c12. The largest absolute Gasteiger partial charge is 0.368 e. The lowest BCUT2D eigenvalue weighted by Gasteiger charge is -2.30. The molecule has 1 N–H and O–H groups in total. The fourth-order valence-corrected chi connectivity index (χ4v) is 3.36. The number of thiophene rings is 1. The predicted molar refractivity (Wildman–Crippen MR) is 71.6 cm³/mol. The molecule has 1 fully saturated rings. The molecule has 1 saturated heterocycles. The highest BCUT2D eigenvalue weighted by atomic mass is 32.1. The van der Waals surface area contributed by atoms with E-state index in [1.54, 1.807) is 0 Å². The molecule has 2 nitrogen and oxygen atoms in total. The summed E-state index contributed by atoms with van der Waals surface area (Å²) in [4.78, 5) is 2.50. The average molecular weight is 232 g/mol. The van der Waals surface area contributed by atoms with Crippen molar-refractivity contribution in [1.29, 1.82) is 0 Å². The predicted octanol–water partition coefficient (Wildman–Crippen LogP) is 2.62. The first-order valence-corrected chi connectivity index (χ1v) is 6.67. The highest BCUT2D eigenvalue weighted by Gasteiger charge is 2.14. The number of hydrogen-bond acceptors (Lipinski definition) is 3. The Kier molecular flexibility index (Phi) is 2.58. The fourth-order valence-electron chi connectivity index (χ4n) is 2.39. The Morgan fingerprint density at radius 1 is 1.25 bits per heavy atom. The molecule has 3 heteroatoms. The molecule has 3 rings (SSSR count). The summed E-state index contributed by atoms with van der Waals surface area (Å²) in [5.74, 6) is 0. The van der Waals surface area contributed by atoms with Crippen LogP contribution in [0.2, 0.25) is 0 Å². The van der Waals surface area contributed by atoms with Gasteiger partial charge >= 0.3 is 0 Å². The van der Waals surface area contributed by atoms with E-state index in [0.717, 1.165) is 26.2 Å². The smallest absolute Gasteiger partial charge is 0.0458 e. The topological polar surface area (TPSA) is 15.3 Å². The quantitative estimate of drug-likeness (QED) is 0.813. The van der Waals surface area contributed by atoms with Gasteiger partial charge in [-0.2, -0.15) is 0 Å². The van der Waals surface area contributed by atoms with Crippen molar-refractivity contribution in [2.75, 3.05) is 31.1 Å². The molecule has 0 aliphatic carbocycles. The van der Waals surface area contributed by atoms with Crippen LogP contribution in [0.1, 0.15) is 5.56 Å². The van der Waals surface area contributed by atoms with E-state index >= 15 is 0 Å². The van der Waals surface area contributed by atoms with E-state index in [4.69, 9.17) is 0 Å². The Balaban J connectivity index is 2.10. The van der Waals surface area contributed by atoms with E-state index in [-0.39, 0.29) is 0 Å². The van der Waals surface area contributed by atoms with Crippen molar-refractivity contribution in [3.05, 3.63) is 29.1 Å². The summed E-state index contributed by atoms with van der Waals surface area (Å²) >= 11 is 1.85. The molecule has 2 heterocycles. The summed E-state index contributed by atoms with van der Waals surface area (Å²) in [6.07, 6.45) is 0. The van der Waals surface area contributed by atoms with Crippen LogP contribution in [0, 0.1) is 6.92 Å². The second-order valence-electron chi connectivity index (χ2n) is 4.31. The third kappa shape index (κ3) is 1.60. The molecule has 84 valence electrons. The van der Waals surface area contributed by atoms with E-state index in [1.165, 1.54) is 21.3 Å². The Labute approximate surface area is 99.9 Å². The lowest BCUT2D eigenvalue weighted by molar-refractivity contribution is 0.590. The molecular formula is C13H16N2S. The Hall–Kier alpha value is -1.06. The summed E-state index contributed by atoms with van der Waals surface area (Å²) < 4.78 is 1.41. The fraction of sp³-hybridized carbons (Fsp3) is 0.385. The summed E-state index contributed by atoms with van der Waals surface area (Å²) in [5, 5.41) is 7.12. The molecule has 16 heavy (non-hydrogen) atoms. The molecule has 2 aromatic rings. The van der Waals surface area contributed by atoms with Crippen molar-refractivity contribution in [3.8, 4) is 0 Å². The zero-order valence-corrected chi connectivity index (χ0v) is 10.3. The summed E-state index contributed by atoms with van der Waals surface area (Å²) in [6.45, 7) is 6.65. The van der Waals surface area contributed by atoms with Crippen LogP contribution in [-0.2, 0) is 0 Å². The molecule has 1 aliphatic rings. The van der Waals surface area contributed by atoms with Gasteiger partial charge in [0.25, 0.3) is 0 Å². The number of aryl methyl sites for hydroxylation is 1. The van der Waals surface area contributed by atoms with Gasteiger partial charge in [-0.3, -0.25) is 0 Å². The lowest BCUT2D eigenvalue weighted by atomic mass is 10.1. The Morgan fingerprint density at radius 3 is 2.88 bits per heavy atom. The minimum absolute atomic E-state index is 1.10. The van der Waals surface area contributed by atoms with Crippen molar-refractivity contribution in [2.45, 2.75) is 6.92 Å². The highest BCUT2D eigenvalue weighted by molar-refractivity contribution is 7.17. The summed E-state index contributed by atoms with van der Waals surface area (Å²) in [7, 11) is 0. The number of benzene rings is 1. The molecule has 0 radical (unpaired) electrons. The zero-order valence-electron chi connectivity index (χ0n) is 9.49. The van der Waals surface area contributed by atoms with E-state index in [1.807, 2.05) is 11.3 Å². The maximum absolute atomic E-state index is 3.40. The molecule has 0 bridgehead atoms. The van der Waals surface area contributed by atoms with Gasteiger partial charge in [-0.05, 0) is 30.0 Å². The van der Waals surface area contributed by atoms with Gasteiger partial charge in [-0.25, -0.2) is 0 Å². The number of anilines is 1. The lowest BCUT2D eigenvalue weighted by Crippen LogP contribution is -2.43. The Bertz CT molecular complexity index is 498. The van der Waals surface area contributed by atoms with Crippen LogP contribution < -0.4 is 10.2 Å². The molecule has 1 aliphatic heterocycles. The minimum atomic E-state index is 1.10. The van der Waals surface area contributed by atoms with Crippen molar-refractivity contribution < 1.29 is 0 Å². The van der Waals surface area contributed by atoms with Crippen molar-refractivity contribution in [3.63, 3.8) is 0 Å². The second kappa shape index (κ2) is 4.07. The summed E-state index contributed by atoms with van der Waals surface area (Å²) in [6, 6.07) is 6.65. The summed E-state index contributed by atoms with van der Waals surface area (Å²) in [5.41, 5.74) is 2.83. The van der Waals surface area contributed by atoms with Gasteiger partial charge in [0.1, 0.15) is 0 Å².